The molecular weight excluding hydrogens is 82.0 g/mol. The summed E-state index contributed by atoms with van der Waals surface area (Å²) >= 11 is 0. The summed E-state index contributed by atoms with van der Waals surface area (Å²) in [6.07, 6.45) is 1.55. The van der Waals surface area contributed by atoms with E-state index in [1.54, 1.807) is 6.11 Å². The standard InChI is InChI=1S/C3H5NO2/c5-2-1-4-3-6/h4-6H,3H2. The van der Waals surface area contributed by atoms with Crippen molar-refractivity contribution in [3.8, 4) is 12.2 Å². The Balaban J connectivity index is 2.79. The molecule has 0 atom stereocenters. The Morgan fingerprint density at radius 1 is 1.67 bits per heavy atom. The average Bonchev–Trinajstić information content (AvgIpc) is 1.61. The number of nitrogens with one attached hydrogen (secondary N) is 1. The quantitative estimate of drug-likeness (QED) is 0.214. The normalized spacial score (nSPS) is 5.50. The van der Waals surface area contributed by atoms with Crippen molar-refractivity contribution in [1.29, 1.82) is 0 Å². The van der Waals surface area contributed by atoms with Crippen LogP contribution in [0, 0.1) is 12.2 Å². The lowest BCUT2D eigenvalue weighted by molar-refractivity contribution is 0.282. The topological polar surface area (TPSA) is 52.5 Å². The van der Waals surface area contributed by atoms with Gasteiger partial charge in [0, 0.05) is 0 Å². The molecule has 0 saturated carbocycles. The summed E-state index contributed by atoms with van der Waals surface area (Å²) < 4.78 is 0. The van der Waals surface area contributed by atoms with Crippen LogP contribution in [-0.4, -0.2) is 16.9 Å². The zero-order valence-corrected chi connectivity index (χ0v) is 3.10. The molecule has 0 rings (SSSR count). The third kappa shape index (κ3) is 3.12. The lowest BCUT2D eigenvalue weighted by Crippen LogP contribution is -2.04. The highest BCUT2D eigenvalue weighted by molar-refractivity contribution is 4.84. The van der Waals surface area contributed by atoms with Crippen LogP contribution in [0.5, 0.6) is 0 Å². The number of aliphatic hydroxyl groups excluding tert-OH is 2. The van der Waals surface area contributed by atoms with Gasteiger partial charge in [-0.2, -0.15) is 0 Å². The van der Waals surface area contributed by atoms with E-state index >= 15 is 0 Å². The zero-order chi connectivity index (χ0) is 4.83. The van der Waals surface area contributed by atoms with Crippen LogP contribution in [0.25, 0.3) is 0 Å². The van der Waals surface area contributed by atoms with Crippen LogP contribution in [-0.2, 0) is 0 Å². The zero-order valence-electron chi connectivity index (χ0n) is 3.10. The fourth-order valence-electron chi connectivity index (χ4n) is 0.0791. The molecule has 0 aliphatic carbocycles. The van der Waals surface area contributed by atoms with Gasteiger partial charge in [0.1, 0.15) is 12.8 Å². The number of hydrogen-bond acceptors (Lipinski definition) is 3. The first-order chi connectivity index (χ1) is 2.91. The summed E-state index contributed by atoms with van der Waals surface area (Å²) in [6.45, 7) is -0.229. The smallest absolute Gasteiger partial charge is 0.131 e. The van der Waals surface area contributed by atoms with Gasteiger partial charge in [0.25, 0.3) is 0 Å². The van der Waals surface area contributed by atoms with E-state index in [0.29, 0.717) is 0 Å². The maximum Gasteiger partial charge on any atom is 0.131 e. The maximum absolute atomic E-state index is 7.87. The summed E-state index contributed by atoms with van der Waals surface area (Å²) in [5.41, 5.74) is 0. The molecule has 0 heterocycles. The van der Waals surface area contributed by atoms with Gasteiger partial charge in [-0.1, -0.05) is 0 Å². The maximum atomic E-state index is 7.87. The van der Waals surface area contributed by atoms with Crippen LogP contribution in [0.4, 0.5) is 0 Å². The third-order valence-corrected chi connectivity index (χ3v) is 0.223. The minimum Gasteiger partial charge on any atom is -0.461 e. The molecule has 6 heavy (non-hydrogen) atoms. The van der Waals surface area contributed by atoms with Gasteiger partial charge in [0.2, 0.25) is 0 Å². The molecule has 34 valence electrons. The fraction of sp³-hybridized carbons (Fsp3) is 0.333. The minimum atomic E-state index is -0.229. The SMILES string of the molecule is OC#CNCO. The molecule has 0 aliphatic heterocycles. The van der Waals surface area contributed by atoms with Gasteiger partial charge in [-0.25, -0.2) is 0 Å². The van der Waals surface area contributed by atoms with Gasteiger partial charge in [0.05, 0.1) is 6.04 Å². The van der Waals surface area contributed by atoms with Crippen molar-refractivity contribution in [2.75, 3.05) is 6.73 Å². The Morgan fingerprint density at radius 2 is 2.33 bits per heavy atom. The first kappa shape index (κ1) is 5.12. The van der Waals surface area contributed by atoms with E-state index in [4.69, 9.17) is 10.2 Å². The number of aliphatic hydroxyl groups is 2. The summed E-state index contributed by atoms with van der Waals surface area (Å²) in [5, 5.41) is 17.7. The molecule has 0 fully saturated rings. The van der Waals surface area contributed by atoms with Crippen molar-refractivity contribution >= 4 is 0 Å². The Labute approximate surface area is 35.6 Å². The lowest BCUT2D eigenvalue weighted by Gasteiger charge is -1.79. The number of hydrogen-bond donors (Lipinski definition) is 3. The minimum absolute atomic E-state index is 0.229. The van der Waals surface area contributed by atoms with E-state index in [0.717, 1.165) is 0 Å². The Kier molecular flexibility index (Phi) is 3.52. The van der Waals surface area contributed by atoms with Crippen molar-refractivity contribution in [2.45, 2.75) is 0 Å². The second kappa shape index (κ2) is 4.12. The van der Waals surface area contributed by atoms with Crippen LogP contribution in [0.2, 0.25) is 0 Å². The molecule has 0 radical (unpaired) electrons. The summed E-state index contributed by atoms with van der Waals surface area (Å²) in [5.74, 6) is 0. The Hall–Kier alpha value is -0.880. The molecule has 0 spiro atoms. The highest BCUT2D eigenvalue weighted by Crippen LogP contribution is 1.38. The van der Waals surface area contributed by atoms with Crippen LogP contribution in [0.15, 0.2) is 0 Å². The van der Waals surface area contributed by atoms with E-state index in [1.165, 1.54) is 0 Å². The molecule has 0 aliphatic rings. The molecule has 0 aromatic heterocycles. The van der Waals surface area contributed by atoms with Crippen LogP contribution in [0.3, 0.4) is 0 Å². The van der Waals surface area contributed by atoms with E-state index in [1.807, 2.05) is 6.04 Å². The average molecular weight is 87.1 g/mol. The van der Waals surface area contributed by atoms with Crippen molar-refractivity contribution in [3.05, 3.63) is 0 Å². The summed E-state index contributed by atoms with van der Waals surface area (Å²) in [6, 6.07) is 2.00. The van der Waals surface area contributed by atoms with E-state index < -0.39 is 0 Å². The second-order valence-electron chi connectivity index (χ2n) is 0.572. The Morgan fingerprint density at radius 3 is 2.50 bits per heavy atom. The van der Waals surface area contributed by atoms with Crippen LogP contribution in [0.1, 0.15) is 0 Å². The molecule has 0 saturated heterocycles. The van der Waals surface area contributed by atoms with Gasteiger partial charge in [0.15, 0.2) is 0 Å². The monoisotopic (exact) mass is 87.0 g/mol. The van der Waals surface area contributed by atoms with Crippen LogP contribution >= 0.6 is 0 Å². The molecule has 0 bridgehead atoms. The molecule has 3 nitrogen and oxygen atoms in total. The molecule has 3 N–H and O–H groups in total. The largest absolute Gasteiger partial charge is 0.461 e. The van der Waals surface area contributed by atoms with Crippen molar-refractivity contribution in [3.63, 3.8) is 0 Å². The van der Waals surface area contributed by atoms with Crippen molar-refractivity contribution in [2.24, 2.45) is 0 Å². The highest BCUT2D eigenvalue weighted by Gasteiger charge is 1.58. The first-order valence-electron chi connectivity index (χ1n) is 1.39. The van der Waals surface area contributed by atoms with Gasteiger partial charge >= 0.3 is 0 Å². The van der Waals surface area contributed by atoms with E-state index in [2.05, 4.69) is 5.32 Å². The molecule has 3 heteroatoms. The number of rotatable bonds is 1. The molecule has 0 amide bonds. The predicted octanol–water partition coefficient (Wildman–Crippen LogP) is -1.18. The van der Waals surface area contributed by atoms with Crippen molar-refractivity contribution in [1.82, 2.24) is 5.32 Å². The molecule has 0 aromatic carbocycles. The second-order valence-corrected chi connectivity index (χ2v) is 0.572. The van der Waals surface area contributed by atoms with Crippen LogP contribution < -0.4 is 5.32 Å². The first-order valence-corrected chi connectivity index (χ1v) is 1.39. The van der Waals surface area contributed by atoms with Gasteiger partial charge < -0.3 is 15.5 Å². The van der Waals surface area contributed by atoms with Gasteiger partial charge in [-0.3, -0.25) is 0 Å². The third-order valence-electron chi connectivity index (χ3n) is 0.223. The molecule has 0 aromatic rings. The summed E-state index contributed by atoms with van der Waals surface area (Å²) in [7, 11) is 0. The summed E-state index contributed by atoms with van der Waals surface area (Å²) in [4.78, 5) is 0. The van der Waals surface area contributed by atoms with E-state index in [9.17, 15) is 0 Å². The van der Waals surface area contributed by atoms with Crippen molar-refractivity contribution < 1.29 is 10.2 Å². The fourth-order valence-corrected chi connectivity index (χ4v) is 0.0791. The van der Waals surface area contributed by atoms with E-state index in [-0.39, 0.29) is 6.73 Å². The lowest BCUT2D eigenvalue weighted by atomic mass is 11.0. The highest BCUT2D eigenvalue weighted by atomic mass is 16.3. The molecule has 0 unspecified atom stereocenters. The van der Waals surface area contributed by atoms with Gasteiger partial charge in [-0.05, 0) is 0 Å². The van der Waals surface area contributed by atoms with Gasteiger partial charge in [-0.15, -0.1) is 0 Å². The molecular formula is C3H5NO2. The predicted molar refractivity (Wildman–Crippen MR) is 19.9 cm³/mol. The Bertz CT molecular complexity index is 70.6.